The normalized spacial score (nSPS) is 11.1. The van der Waals surface area contributed by atoms with Gasteiger partial charge in [-0.15, -0.1) is 0 Å². The zero-order valence-corrected chi connectivity index (χ0v) is 9.76. The van der Waals surface area contributed by atoms with Gasteiger partial charge in [0.25, 0.3) is 0 Å². The Balaban J connectivity index is 2.85. The molecule has 0 N–H and O–H groups in total. The van der Waals surface area contributed by atoms with Gasteiger partial charge < -0.3 is 9.47 Å². The van der Waals surface area contributed by atoms with Crippen molar-refractivity contribution in [3.05, 3.63) is 6.92 Å². The molecule has 0 rings (SSSR count). The second-order valence-electron chi connectivity index (χ2n) is 4.00. The lowest BCUT2D eigenvalue weighted by atomic mass is 10.2. The van der Waals surface area contributed by atoms with Gasteiger partial charge in [0.15, 0.2) is 0 Å². The van der Waals surface area contributed by atoms with Crippen LogP contribution in [0.4, 0.5) is 0 Å². The Morgan fingerprint density at radius 3 is 2.00 bits per heavy atom. The van der Waals surface area contributed by atoms with Crippen LogP contribution in [0.1, 0.15) is 39.5 Å². The third-order valence-corrected chi connectivity index (χ3v) is 1.92. The lowest BCUT2D eigenvalue weighted by Gasteiger charge is -2.06. The molecule has 0 aromatic rings. The highest BCUT2D eigenvalue weighted by Gasteiger charge is 1.94. The predicted molar refractivity (Wildman–Crippen MR) is 60.3 cm³/mol. The van der Waals surface area contributed by atoms with Gasteiger partial charge >= 0.3 is 0 Å². The second kappa shape index (κ2) is 11.0. The molecule has 2 heteroatoms. The Hall–Kier alpha value is -0.0800. The molecule has 0 amide bonds. The van der Waals surface area contributed by atoms with Gasteiger partial charge in [0, 0.05) is 26.4 Å². The Bertz CT molecular complexity index is 102. The second-order valence-corrected chi connectivity index (χ2v) is 4.00. The summed E-state index contributed by atoms with van der Waals surface area (Å²) in [7, 11) is 0. The molecular formula is C12H25O2. The van der Waals surface area contributed by atoms with Crippen molar-refractivity contribution in [2.45, 2.75) is 39.5 Å². The highest BCUT2D eigenvalue weighted by atomic mass is 16.5. The SMILES string of the molecule is [CH2]COCCCCCCOCC(C)C. The van der Waals surface area contributed by atoms with E-state index in [0.29, 0.717) is 12.5 Å². The third-order valence-electron chi connectivity index (χ3n) is 1.92. The molecule has 0 aromatic carbocycles. The summed E-state index contributed by atoms with van der Waals surface area (Å²) in [6, 6.07) is 0. The number of ether oxygens (including phenoxy) is 2. The van der Waals surface area contributed by atoms with Crippen molar-refractivity contribution in [3.63, 3.8) is 0 Å². The van der Waals surface area contributed by atoms with E-state index in [1.54, 1.807) is 0 Å². The minimum absolute atomic E-state index is 0.595. The molecule has 0 fully saturated rings. The van der Waals surface area contributed by atoms with Crippen LogP contribution < -0.4 is 0 Å². The minimum atomic E-state index is 0.595. The third kappa shape index (κ3) is 11.9. The maximum Gasteiger partial charge on any atom is 0.0488 e. The molecule has 0 saturated heterocycles. The summed E-state index contributed by atoms with van der Waals surface area (Å²) in [5.41, 5.74) is 0. The summed E-state index contributed by atoms with van der Waals surface area (Å²) in [5.74, 6) is 0.653. The van der Waals surface area contributed by atoms with E-state index in [9.17, 15) is 0 Å². The van der Waals surface area contributed by atoms with E-state index < -0.39 is 0 Å². The fourth-order valence-corrected chi connectivity index (χ4v) is 1.18. The summed E-state index contributed by atoms with van der Waals surface area (Å²) in [6.07, 6.45) is 4.82. The maximum absolute atomic E-state index is 5.48. The van der Waals surface area contributed by atoms with Crippen molar-refractivity contribution in [1.29, 1.82) is 0 Å². The fraction of sp³-hybridized carbons (Fsp3) is 0.917. The smallest absolute Gasteiger partial charge is 0.0488 e. The standard InChI is InChI=1S/C12H25O2/c1-4-13-9-7-5-6-8-10-14-11-12(2)3/h12H,1,4-11H2,2-3H3. The van der Waals surface area contributed by atoms with Crippen LogP contribution in [-0.4, -0.2) is 26.4 Å². The van der Waals surface area contributed by atoms with Gasteiger partial charge in [0.05, 0.1) is 0 Å². The Morgan fingerprint density at radius 1 is 0.929 bits per heavy atom. The molecule has 0 bridgehead atoms. The number of rotatable bonds is 10. The highest BCUT2D eigenvalue weighted by molar-refractivity contribution is 4.44. The average Bonchev–Trinajstić information content (AvgIpc) is 2.15. The molecule has 0 aliphatic carbocycles. The zero-order chi connectivity index (χ0) is 10.6. The van der Waals surface area contributed by atoms with Crippen molar-refractivity contribution >= 4 is 0 Å². The zero-order valence-electron chi connectivity index (χ0n) is 9.76. The van der Waals surface area contributed by atoms with Crippen molar-refractivity contribution < 1.29 is 9.47 Å². The first-order valence-electron chi connectivity index (χ1n) is 5.72. The van der Waals surface area contributed by atoms with Crippen LogP contribution in [-0.2, 0) is 9.47 Å². The van der Waals surface area contributed by atoms with Crippen LogP contribution in [0.3, 0.4) is 0 Å². The summed E-state index contributed by atoms with van der Waals surface area (Å²) < 4.78 is 10.6. The van der Waals surface area contributed by atoms with Gasteiger partial charge in [-0.05, 0) is 25.7 Å². The van der Waals surface area contributed by atoms with Crippen LogP contribution in [0.5, 0.6) is 0 Å². The van der Waals surface area contributed by atoms with Crippen LogP contribution in [0, 0.1) is 12.8 Å². The number of hydrogen-bond donors (Lipinski definition) is 0. The van der Waals surface area contributed by atoms with Crippen molar-refractivity contribution in [2.24, 2.45) is 5.92 Å². The van der Waals surface area contributed by atoms with E-state index >= 15 is 0 Å². The Morgan fingerprint density at radius 2 is 1.50 bits per heavy atom. The molecule has 0 aromatic heterocycles. The van der Waals surface area contributed by atoms with Gasteiger partial charge in [0.2, 0.25) is 0 Å². The molecule has 14 heavy (non-hydrogen) atoms. The molecule has 0 aliphatic rings. The van der Waals surface area contributed by atoms with Gasteiger partial charge in [-0.2, -0.15) is 0 Å². The molecule has 1 radical (unpaired) electrons. The lowest BCUT2D eigenvalue weighted by molar-refractivity contribution is 0.105. The summed E-state index contributed by atoms with van der Waals surface area (Å²) in [5, 5.41) is 0. The van der Waals surface area contributed by atoms with Crippen molar-refractivity contribution in [3.8, 4) is 0 Å². The fourth-order valence-electron chi connectivity index (χ4n) is 1.18. The summed E-state index contributed by atoms with van der Waals surface area (Å²) >= 11 is 0. The van der Waals surface area contributed by atoms with Crippen LogP contribution in [0.15, 0.2) is 0 Å². The van der Waals surface area contributed by atoms with E-state index in [4.69, 9.17) is 9.47 Å². The molecule has 0 atom stereocenters. The lowest BCUT2D eigenvalue weighted by Crippen LogP contribution is -2.03. The Kier molecular flexibility index (Phi) is 10.9. The van der Waals surface area contributed by atoms with Gasteiger partial charge in [-0.25, -0.2) is 0 Å². The van der Waals surface area contributed by atoms with Gasteiger partial charge in [-0.3, -0.25) is 0 Å². The van der Waals surface area contributed by atoms with E-state index in [2.05, 4.69) is 20.8 Å². The first kappa shape index (κ1) is 13.9. The van der Waals surface area contributed by atoms with E-state index in [0.717, 1.165) is 26.2 Å². The maximum atomic E-state index is 5.48. The number of unbranched alkanes of at least 4 members (excludes halogenated alkanes) is 3. The predicted octanol–water partition coefficient (Wildman–Crippen LogP) is 3.07. The molecule has 0 spiro atoms. The van der Waals surface area contributed by atoms with E-state index in [-0.39, 0.29) is 0 Å². The molecule has 85 valence electrons. The largest absolute Gasteiger partial charge is 0.381 e. The molecular weight excluding hydrogens is 176 g/mol. The topological polar surface area (TPSA) is 18.5 Å². The minimum Gasteiger partial charge on any atom is -0.381 e. The summed E-state index contributed by atoms with van der Waals surface area (Å²) in [6.45, 7) is 11.2. The molecule has 0 heterocycles. The van der Waals surface area contributed by atoms with Crippen LogP contribution in [0.25, 0.3) is 0 Å². The summed E-state index contributed by atoms with van der Waals surface area (Å²) in [4.78, 5) is 0. The van der Waals surface area contributed by atoms with Crippen LogP contribution >= 0.6 is 0 Å². The number of hydrogen-bond acceptors (Lipinski definition) is 2. The molecule has 2 nitrogen and oxygen atoms in total. The van der Waals surface area contributed by atoms with Gasteiger partial charge in [0.1, 0.15) is 0 Å². The first-order chi connectivity index (χ1) is 6.77. The van der Waals surface area contributed by atoms with E-state index in [1.165, 1.54) is 19.3 Å². The van der Waals surface area contributed by atoms with Crippen LogP contribution in [0.2, 0.25) is 0 Å². The van der Waals surface area contributed by atoms with Crippen molar-refractivity contribution in [2.75, 3.05) is 26.4 Å². The Labute approximate surface area is 89.0 Å². The highest BCUT2D eigenvalue weighted by Crippen LogP contribution is 2.01. The first-order valence-corrected chi connectivity index (χ1v) is 5.72. The van der Waals surface area contributed by atoms with Gasteiger partial charge in [-0.1, -0.05) is 26.7 Å². The molecule has 0 saturated carbocycles. The molecule has 0 unspecified atom stereocenters. The average molecular weight is 201 g/mol. The molecule has 0 aliphatic heterocycles. The quantitative estimate of drug-likeness (QED) is 0.506. The van der Waals surface area contributed by atoms with E-state index in [1.807, 2.05) is 0 Å². The van der Waals surface area contributed by atoms with Crippen molar-refractivity contribution in [1.82, 2.24) is 0 Å². The monoisotopic (exact) mass is 201 g/mol.